The fourth-order valence-electron chi connectivity index (χ4n) is 0.0772. The number of hydrogen-bond acceptors (Lipinski definition) is 0. The molecule has 29 valence electrons. The molecule has 0 unspecified atom stereocenters. The van der Waals surface area contributed by atoms with Crippen molar-refractivity contribution in [3.8, 4) is 0 Å². The Kier molecular flexibility index (Phi) is 4.41. The zero-order valence-corrected chi connectivity index (χ0v) is 4.75. The molecule has 0 bridgehead atoms. The third-order valence-corrected chi connectivity index (χ3v) is 0.605. The lowest BCUT2D eigenvalue weighted by Gasteiger charge is -1.61. The van der Waals surface area contributed by atoms with Crippen LogP contribution in [0.1, 0.15) is 6.92 Å². The van der Waals surface area contributed by atoms with Crippen LogP contribution in [0.3, 0.4) is 0 Å². The Morgan fingerprint density at radius 3 is 2.60 bits per heavy atom. The Morgan fingerprint density at radius 2 is 2.60 bits per heavy atom. The van der Waals surface area contributed by atoms with Crippen LogP contribution in [-0.4, -0.2) is 5.33 Å². The molecule has 0 amide bonds. The van der Waals surface area contributed by atoms with Crippen LogP contribution in [-0.2, 0) is 0 Å². The fraction of sp³-hybridized carbons (Fsp3) is 0.500. The molecule has 0 fully saturated rings. The number of halogens is 1. The molecule has 0 atom stereocenters. The smallest absolute Gasteiger partial charge is 0.0282 e. The molecule has 0 aliphatic rings. The van der Waals surface area contributed by atoms with Crippen LogP contribution < -0.4 is 0 Å². The first-order valence-electron chi connectivity index (χ1n) is 1.49. The zero-order chi connectivity index (χ0) is 4.12. The van der Waals surface area contributed by atoms with Crippen LogP contribution in [0.25, 0.3) is 0 Å². The summed E-state index contributed by atoms with van der Waals surface area (Å²) in [7, 11) is 0. The predicted octanol–water partition coefficient (Wildman–Crippen LogP) is 1.76. The van der Waals surface area contributed by atoms with Crippen LogP contribution in [0.5, 0.6) is 0 Å². The van der Waals surface area contributed by atoms with E-state index < -0.39 is 0 Å². The first-order chi connectivity index (χ1) is 2.41. The third kappa shape index (κ3) is 4.22. The lowest BCUT2D eigenvalue weighted by molar-refractivity contribution is 1.61. The summed E-state index contributed by atoms with van der Waals surface area (Å²) < 4.78 is 0. The maximum Gasteiger partial charge on any atom is 0.0282 e. The van der Waals surface area contributed by atoms with E-state index in [9.17, 15) is 0 Å². The van der Waals surface area contributed by atoms with E-state index in [2.05, 4.69) is 22.0 Å². The van der Waals surface area contributed by atoms with E-state index in [1.807, 2.05) is 13.0 Å². The van der Waals surface area contributed by atoms with E-state index in [1.54, 1.807) is 0 Å². The van der Waals surface area contributed by atoms with Gasteiger partial charge in [0.2, 0.25) is 0 Å². The van der Waals surface area contributed by atoms with Crippen molar-refractivity contribution in [3.05, 3.63) is 12.2 Å². The fourth-order valence-corrected chi connectivity index (χ4v) is 0.401. The average Bonchev–Trinajstić information content (AvgIpc) is 1.41. The first kappa shape index (κ1) is 5.22. The van der Waals surface area contributed by atoms with Crippen LogP contribution in [0, 0.1) is 6.08 Å². The number of hydrogen-bond donors (Lipinski definition) is 0. The monoisotopic (exact) mass is 133 g/mol. The van der Waals surface area contributed by atoms with Gasteiger partial charge >= 0.3 is 0 Å². The second kappa shape index (κ2) is 4.22. The van der Waals surface area contributed by atoms with Crippen molar-refractivity contribution < 1.29 is 0 Å². The number of allylic oxidation sites excluding steroid dienone is 2. The van der Waals surface area contributed by atoms with Crippen LogP contribution in [0.15, 0.2) is 6.08 Å². The molecule has 0 heterocycles. The van der Waals surface area contributed by atoms with Crippen molar-refractivity contribution in [1.29, 1.82) is 0 Å². The van der Waals surface area contributed by atoms with Crippen molar-refractivity contribution in [2.75, 3.05) is 5.33 Å². The van der Waals surface area contributed by atoms with E-state index in [4.69, 9.17) is 0 Å². The number of rotatable bonds is 1. The molecule has 5 heavy (non-hydrogen) atoms. The van der Waals surface area contributed by atoms with Gasteiger partial charge in [0.05, 0.1) is 0 Å². The molecule has 0 aliphatic heterocycles. The highest BCUT2D eigenvalue weighted by Gasteiger charge is 1.55. The summed E-state index contributed by atoms with van der Waals surface area (Å²) in [5, 5.41) is 0.851. The van der Waals surface area contributed by atoms with Gasteiger partial charge in [-0.1, -0.05) is 22.0 Å². The molecule has 0 N–H and O–H groups in total. The summed E-state index contributed by atoms with van der Waals surface area (Å²) in [6.45, 7) is 1.95. The van der Waals surface area contributed by atoms with Gasteiger partial charge in [-0.25, -0.2) is 0 Å². The van der Waals surface area contributed by atoms with E-state index in [1.165, 1.54) is 0 Å². The van der Waals surface area contributed by atoms with Crippen molar-refractivity contribution in [2.45, 2.75) is 6.92 Å². The molecule has 0 aliphatic carbocycles. The third-order valence-electron chi connectivity index (χ3n) is 0.281. The van der Waals surface area contributed by atoms with Gasteiger partial charge in [0.1, 0.15) is 0 Å². The summed E-state index contributed by atoms with van der Waals surface area (Å²) in [5.41, 5.74) is 0. The minimum atomic E-state index is 0.851. The molecule has 0 saturated heterocycles. The Morgan fingerprint density at radius 1 is 2.00 bits per heavy atom. The van der Waals surface area contributed by atoms with Crippen molar-refractivity contribution in [1.82, 2.24) is 0 Å². The zero-order valence-electron chi connectivity index (χ0n) is 3.16. The van der Waals surface area contributed by atoms with Crippen LogP contribution in [0.4, 0.5) is 0 Å². The predicted molar refractivity (Wildman–Crippen MR) is 27.3 cm³/mol. The Bertz CT molecular complexity index is 30.6. The van der Waals surface area contributed by atoms with Crippen molar-refractivity contribution >= 4 is 15.9 Å². The van der Waals surface area contributed by atoms with Gasteiger partial charge in [-0.15, -0.1) is 0 Å². The minimum absolute atomic E-state index is 0.851. The molecule has 0 aromatic rings. The highest BCUT2D eigenvalue weighted by Crippen LogP contribution is 1.76. The maximum absolute atomic E-state index is 3.17. The molecule has 0 rings (SSSR count). The lowest BCUT2D eigenvalue weighted by atomic mass is 10.6. The standard InChI is InChI=1S/C4H6Br/c1-2-3-4-5/h2H,4H2,1H3. The van der Waals surface area contributed by atoms with E-state index in [-0.39, 0.29) is 0 Å². The topological polar surface area (TPSA) is 0 Å². The Hall–Kier alpha value is 0.220. The lowest BCUT2D eigenvalue weighted by Crippen LogP contribution is -1.51. The van der Waals surface area contributed by atoms with Gasteiger partial charge in [0, 0.05) is 5.33 Å². The molecular formula is C4H6Br. The highest BCUT2D eigenvalue weighted by molar-refractivity contribution is 9.09. The highest BCUT2D eigenvalue weighted by atomic mass is 79.9. The summed E-state index contributed by atoms with van der Waals surface area (Å²) >= 11 is 3.17. The quantitative estimate of drug-likeness (QED) is 0.479. The molecule has 0 aromatic heterocycles. The Labute approximate surface area is 41.0 Å². The van der Waals surface area contributed by atoms with Crippen molar-refractivity contribution in [3.63, 3.8) is 0 Å². The second-order valence-electron chi connectivity index (χ2n) is 0.626. The molecule has 1 radical (unpaired) electrons. The average molecular weight is 134 g/mol. The van der Waals surface area contributed by atoms with E-state index in [0.29, 0.717) is 0 Å². The molecule has 1 heteroatoms. The van der Waals surface area contributed by atoms with Crippen LogP contribution >= 0.6 is 15.9 Å². The van der Waals surface area contributed by atoms with Gasteiger partial charge in [-0.2, -0.15) is 0 Å². The van der Waals surface area contributed by atoms with Gasteiger partial charge in [-0.05, 0) is 13.0 Å². The molecule has 0 saturated carbocycles. The molecular weight excluding hydrogens is 128 g/mol. The normalized spacial score (nSPS) is 10.0. The second-order valence-corrected chi connectivity index (χ2v) is 1.19. The number of alkyl halides is 1. The summed E-state index contributed by atoms with van der Waals surface area (Å²) in [5.74, 6) is 0. The molecule has 0 nitrogen and oxygen atoms in total. The first-order valence-corrected chi connectivity index (χ1v) is 2.61. The van der Waals surface area contributed by atoms with Gasteiger partial charge in [-0.3, -0.25) is 0 Å². The minimum Gasteiger partial charge on any atom is -0.0876 e. The van der Waals surface area contributed by atoms with Gasteiger partial charge < -0.3 is 0 Å². The molecule has 0 aromatic carbocycles. The molecule has 0 spiro atoms. The largest absolute Gasteiger partial charge is 0.0876 e. The van der Waals surface area contributed by atoms with Crippen LogP contribution in [0.2, 0.25) is 0 Å². The summed E-state index contributed by atoms with van der Waals surface area (Å²) in [6, 6.07) is 0. The Balaban J connectivity index is 2.62. The maximum atomic E-state index is 3.17. The van der Waals surface area contributed by atoms with Gasteiger partial charge in [0.15, 0.2) is 0 Å². The van der Waals surface area contributed by atoms with E-state index >= 15 is 0 Å². The summed E-state index contributed by atoms with van der Waals surface area (Å²) in [4.78, 5) is 0. The summed E-state index contributed by atoms with van der Waals surface area (Å²) in [6.07, 6.45) is 4.79. The van der Waals surface area contributed by atoms with Gasteiger partial charge in [0.25, 0.3) is 0 Å². The van der Waals surface area contributed by atoms with E-state index in [0.717, 1.165) is 5.33 Å². The van der Waals surface area contributed by atoms with Crippen molar-refractivity contribution in [2.24, 2.45) is 0 Å². The SMILES string of the molecule is CC=[C]CBr.